The summed E-state index contributed by atoms with van der Waals surface area (Å²) >= 11 is 0. The Balaban J connectivity index is 1.99. The summed E-state index contributed by atoms with van der Waals surface area (Å²) in [5.41, 5.74) is 3.48. The normalized spacial score (nSPS) is 21.2. The molecule has 0 spiro atoms. The zero-order valence-electron chi connectivity index (χ0n) is 11.6. The molecule has 0 radical (unpaired) electrons. The average Bonchev–Trinajstić information content (AvgIpc) is 3.01. The molecule has 3 rings (SSSR count). The van der Waals surface area contributed by atoms with Crippen LogP contribution in [0.15, 0.2) is 18.2 Å². The van der Waals surface area contributed by atoms with Crippen LogP contribution >= 0.6 is 0 Å². The molecule has 1 aromatic carbocycles. The molecule has 1 fully saturated rings. The number of carboxylic acids is 1. The predicted molar refractivity (Wildman–Crippen MR) is 74.2 cm³/mol. The van der Waals surface area contributed by atoms with Gasteiger partial charge in [0.05, 0.1) is 11.5 Å². The van der Waals surface area contributed by atoms with E-state index in [0.717, 1.165) is 19.3 Å². The Labute approximate surface area is 114 Å². The summed E-state index contributed by atoms with van der Waals surface area (Å²) in [5, 5.41) is 9.55. The molecular weight excluding hydrogens is 238 g/mol. The minimum absolute atomic E-state index is 0.00380. The van der Waals surface area contributed by atoms with Crippen molar-refractivity contribution in [3.05, 3.63) is 34.9 Å². The van der Waals surface area contributed by atoms with Crippen LogP contribution in [0.25, 0.3) is 0 Å². The molecule has 0 bridgehead atoms. The first kappa shape index (κ1) is 12.7. The maximum atomic E-state index is 11.6. The smallest absolute Gasteiger partial charge is 0.311 e. The van der Waals surface area contributed by atoms with E-state index in [0.29, 0.717) is 0 Å². The zero-order valence-corrected chi connectivity index (χ0v) is 11.6. The van der Waals surface area contributed by atoms with Gasteiger partial charge in [0.2, 0.25) is 0 Å². The van der Waals surface area contributed by atoms with Gasteiger partial charge in [0, 0.05) is 0 Å². The molecule has 0 aromatic heterocycles. The van der Waals surface area contributed by atoms with Gasteiger partial charge in [-0.1, -0.05) is 18.2 Å². The summed E-state index contributed by atoms with van der Waals surface area (Å²) in [6.45, 7) is 0. The molecule has 1 unspecified atom stereocenters. The van der Waals surface area contributed by atoms with E-state index in [1.165, 1.54) is 29.5 Å². The number of benzene rings is 1. The number of hydrogen-bond donors (Lipinski definition) is 1. The topological polar surface area (TPSA) is 40.5 Å². The van der Waals surface area contributed by atoms with Crippen molar-refractivity contribution in [1.82, 2.24) is 4.90 Å². The monoisotopic (exact) mass is 259 g/mol. The SMILES string of the molecule is CN(C)C(c1ccc2c(c1)CCC2)C1(C(=O)O)CC1. The Morgan fingerprint density at radius 2 is 1.95 bits per heavy atom. The van der Waals surface area contributed by atoms with E-state index in [9.17, 15) is 9.90 Å². The second-order valence-corrected chi connectivity index (χ2v) is 6.21. The molecule has 1 aromatic rings. The van der Waals surface area contributed by atoms with Crippen molar-refractivity contribution >= 4 is 5.97 Å². The van der Waals surface area contributed by atoms with Gasteiger partial charge in [-0.25, -0.2) is 0 Å². The summed E-state index contributed by atoms with van der Waals surface area (Å²) < 4.78 is 0. The fourth-order valence-corrected chi connectivity index (χ4v) is 3.61. The van der Waals surface area contributed by atoms with Crippen molar-refractivity contribution in [2.75, 3.05) is 14.1 Å². The first-order valence-electron chi connectivity index (χ1n) is 7.06. The van der Waals surface area contributed by atoms with Crippen LogP contribution in [-0.4, -0.2) is 30.1 Å². The quantitative estimate of drug-likeness (QED) is 0.903. The van der Waals surface area contributed by atoms with E-state index < -0.39 is 11.4 Å². The van der Waals surface area contributed by atoms with Crippen LogP contribution in [0, 0.1) is 5.41 Å². The Bertz CT molecular complexity index is 517. The van der Waals surface area contributed by atoms with Gasteiger partial charge in [-0.15, -0.1) is 0 Å². The minimum Gasteiger partial charge on any atom is -0.481 e. The standard InChI is InChI=1S/C16H21NO2/c1-17(2)14(16(8-9-16)15(18)19)13-7-6-11-4-3-5-12(11)10-13/h6-7,10,14H,3-5,8-9H2,1-2H3,(H,18,19). The third-order valence-electron chi connectivity index (χ3n) is 4.69. The molecule has 0 amide bonds. The van der Waals surface area contributed by atoms with Crippen molar-refractivity contribution in [2.24, 2.45) is 5.41 Å². The first-order valence-corrected chi connectivity index (χ1v) is 7.06. The van der Waals surface area contributed by atoms with Gasteiger partial charge in [0.25, 0.3) is 0 Å². The lowest BCUT2D eigenvalue weighted by Gasteiger charge is -2.30. The summed E-state index contributed by atoms with van der Waals surface area (Å²) in [5.74, 6) is -0.647. The fourth-order valence-electron chi connectivity index (χ4n) is 3.61. The first-order chi connectivity index (χ1) is 9.04. The molecular formula is C16H21NO2. The van der Waals surface area contributed by atoms with Crippen LogP contribution < -0.4 is 0 Å². The molecule has 2 aliphatic carbocycles. The summed E-state index contributed by atoms with van der Waals surface area (Å²) in [7, 11) is 3.97. The highest BCUT2D eigenvalue weighted by Crippen LogP contribution is 2.57. The number of rotatable bonds is 4. The summed E-state index contributed by atoms with van der Waals surface area (Å²) in [4.78, 5) is 13.7. The van der Waals surface area contributed by atoms with Crippen LogP contribution in [0.4, 0.5) is 0 Å². The number of aliphatic carboxylic acids is 1. The number of nitrogens with zero attached hydrogens (tertiary/aromatic N) is 1. The minimum atomic E-state index is -0.647. The van der Waals surface area contributed by atoms with Gasteiger partial charge in [-0.05, 0) is 62.9 Å². The Morgan fingerprint density at radius 1 is 1.26 bits per heavy atom. The highest BCUT2D eigenvalue weighted by Gasteiger charge is 2.57. The molecule has 3 nitrogen and oxygen atoms in total. The van der Waals surface area contributed by atoms with Gasteiger partial charge in [-0.2, -0.15) is 0 Å². The lowest BCUT2D eigenvalue weighted by atomic mass is 9.87. The van der Waals surface area contributed by atoms with Crippen LogP contribution in [0.1, 0.15) is 42.0 Å². The van der Waals surface area contributed by atoms with Crippen molar-refractivity contribution in [1.29, 1.82) is 0 Å². The van der Waals surface area contributed by atoms with Gasteiger partial charge >= 0.3 is 5.97 Å². The van der Waals surface area contributed by atoms with Crippen LogP contribution in [0.2, 0.25) is 0 Å². The molecule has 1 N–H and O–H groups in total. The molecule has 1 saturated carbocycles. The number of carboxylic acid groups (broad SMARTS) is 1. The van der Waals surface area contributed by atoms with Crippen LogP contribution in [-0.2, 0) is 17.6 Å². The summed E-state index contributed by atoms with van der Waals surface area (Å²) in [6, 6.07) is 6.58. The van der Waals surface area contributed by atoms with Crippen molar-refractivity contribution < 1.29 is 9.90 Å². The highest BCUT2D eigenvalue weighted by molar-refractivity contribution is 5.79. The number of fused-ring (bicyclic) bond motifs is 1. The van der Waals surface area contributed by atoms with E-state index >= 15 is 0 Å². The second-order valence-electron chi connectivity index (χ2n) is 6.21. The van der Waals surface area contributed by atoms with Gasteiger partial charge < -0.3 is 10.0 Å². The second kappa shape index (κ2) is 4.34. The number of hydrogen-bond acceptors (Lipinski definition) is 2. The van der Waals surface area contributed by atoms with E-state index in [4.69, 9.17) is 0 Å². The van der Waals surface area contributed by atoms with Gasteiger partial charge in [0.1, 0.15) is 0 Å². The van der Waals surface area contributed by atoms with Gasteiger partial charge in [-0.3, -0.25) is 4.79 Å². The van der Waals surface area contributed by atoms with E-state index in [1.807, 2.05) is 14.1 Å². The maximum Gasteiger partial charge on any atom is 0.311 e. The molecule has 0 aliphatic heterocycles. The number of carbonyl (C=O) groups is 1. The lowest BCUT2D eigenvalue weighted by Crippen LogP contribution is -2.34. The highest BCUT2D eigenvalue weighted by atomic mass is 16.4. The van der Waals surface area contributed by atoms with Crippen molar-refractivity contribution in [3.8, 4) is 0 Å². The predicted octanol–water partition coefficient (Wildman–Crippen LogP) is 2.64. The zero-order chi connectivity index (χ0) is 13.6. The van der Waals surface area contributed by atoms with Crippen LogP contribution in [0.3, 0.4) is 0 Å². The summed E-state index contributed by atoms with van der Waals surface area (Å²) in [6.07, 6.45) is 5.13. The molecule has 3 heteroatoms. The van der Waals surface area contributed by atoms with E-state index in [1.54, 1.807) is 0 Å². The molecule has 0 heterocycles. The third kappa shape index (κ3) is 1.96. The van der Waals surface area contributed by atoms with Crippen molar-refractivity contribution in [2.45, 2.75) is 38.1 Å². The maximum absolute atomic E-state index is 11.6. The Kier molecular flexibility index (Phi) is 2.90. The third-order valence-corrected chi connectivity index (χ3v) is 4.69. The molecule has 1 atom stereocenters. The molecule has 2 aliphatic rings. The molecule has 0 saturated heterocycles. The van der Waals surface area contributed by atoms with E-state index in [-0.39, 0.29) is 6.04 Å². The van der Waals surface area contributed by atoms with Crippen molar-refractivity contribution in [3.63, 3.8) is 0 Å². The number of aryl methyl sites for hydroxylation is 2. The molecule has 19 heavy (non-hydrogen) atoms. The van der Waals surface area contributed by atoms with E-state index in [2.05, 4.69) is 23.1 Å². The average molecular weight is 259 g/mol. The van der Waals surface area contributed by atoms with Crippen LogP contribution in [0.5, 0.6) is 0 Å². The Morgan fingerprint density at radius 3 is 2.53 bits per heavy atom. The largest absolute Gasteiger partial charge is 0.481 e. The molecule has 102 valence electrons. The lowest BCUT2D eigenvalue weighted by molar-refractivity contribution is -0.146. The van der Waals surface area contributed by atoms with Gasteiger partial charge in [0.15, 0.2) is 0 Å². The fraction of sp³-hybridized carbons (Fsp3) is 0.562. The Hall–Kier alpha value is -1.35.